The Balaban J connectivity index is 1.27. The lowest BCUT2D eigenvalue weighted by molar-refractivity contribution is 0.0179. The number of nitrogens with one attached hydrogen (secondary N) is 2. The molecule has 0 fully saturated rings. The zero-order chi connectivity index (χ0) is 43.8. The number of ether oxygens (including phenoxy) is 7. The summed E-state index contributed by atoms with van der Waals surface area (Å²) in [6, 6.07) is 24.1. The summed E-state index contributed by atoms with van der Waals surface area (Å²) in [6.07, 6.45) is 3.29. The lowest BCUT2D eigenvalue weighted by Crippen LogP contribution is -2.22. The van der Waals surface area contributed by atoms with E-state index in [4.69, 9.17) is 33.2 Å². The van der Waals surface area contributed by atoms with Gasteiger partial charge in [-0.3, -0.25) is 9.78 Å². The molecule has 0 saturated heterocycles. The highest BCUT2D eigenvalue weighted by Gasteiger charge is 2.24. The molecule has 5 aromatic rings. The zero-order valence-corrected chi connectivity index (χ0v) is 36.7. The fraction of sp³-hybridized carbons (Fsp3) is 0.396. The van der Waals surface area contributed by atoms with Gasteiger partial charge in [-0.1, -0.05) is 45.0 Å². The van der Waals surface area contributed by atoms with Crippen molar-refractivity contribution in [2.45, 2.75) is 45.4 Å². The number of anilines is 2. The third kappa shape index (κ3) is 13.9. The van der Waals surface area contributed by atoms with Gasteiger partial charge in [0.1, 0.15) is 29.6 Å². The van der Waals surface area contributed by atoms with Crippen LogP contribution in [0.15, 0.2) is 85.1 Å². The van der Waals surface area contributed by atoms with Gasteiger partial charge in [-0.25, -0.2) is 4.79 Å². The molecule has 0 spiro atoms. The summed E-state index contributed by atoms with van der Waals surface area (Å²) in [5, 5.41) is 7.56. The first-order valence-electron chi connectivity index (χ1n) is 20.5. The molecule has 61 heavy (non-hydrogen) atoms. The van der Waals surface area contributed by atoms with Gasteiger partial charge >= 0.3 is 6.03 Å². The molecule has 0 radical (unpaired) electrons. The van der Waals surface area contributed by atoms with E-state index in [-0.39, 0.29) is 11.2 Å². The van der Waals surface area contributed by atoms with Gasteiger partial charge < -0.3 is 48.7 Å². The summed E-state index contributed by atoms with van der Waals surface area (Å²) in [5.74, 6) is 2.85. The van der Waals surface area contributed by atoms with Gasteiger partial charge in [-0.2, -0.15) is 0 Å². The first-order valence-corrected chi connectivity index (χ1v) is 20.5. The molecule has 2 amide bonds. The van der Waals surface area contributed by atoms with E-state index >= 15 is 0 Å². The summed E-state index contributed by atoms with van der Waals surface area (Å²) in [6.45, 7) is 9.84. The standard InChI is InChI=1S/C48H60N4O9/c1-48(2,3)34-29-41(44(53)14-11-19-52(4)5)46(57-8)43(30-34)51-47(54)50-42-15-16-45(40-13-10-9-12-39(40)42)61-36-17-18-49-35(31-36)26-33-27-37(56-7)32-38(28-33)60-25-24-59-23-22-58-21-20-55-6/h9-10,12-13,15-18,27-32H,11,14,19-26H2,1-8H3,(H2,50,51,54). The number of ketones is 1. The summed E-state index contributed by atoms with van der Waals surface area (Å²) in [4.78, 5) is 33.8. The molecule has 13 heteroatoms. The molecule has 0 saturated carbocycles. The maximum Gasteiger partial charge on any atom is 0.323 e. The Hall–Kier alpha value is -5.73. The maximum absolute atomic E-state index is 13.7. The number of methoxy groups -OCH3 is 3. The summed E-state index contributed by atoms with van der Waals surface area (Å²) >= 11 is 0. The molecule has 2 N–H and O–H groups in total. The van der Waals surface area contributed by atoms with Crippen molar-refractivity contribution in [3.05, 3.63) is 107 Å². The number of aromatic nitrogens is 1. The third-order valence-electron chi connectivity index (χ3n) is 9.73. The number of pyridine rings is 1. The molecule has 4 aromatic carbocycles. The van der Waals surface area contributed by atoms with Crippen LogP contribution in [-0.4, -0.2) is 103 Å². The van der Waals surface area contributed by atoms with Crippen molar-refractivity contribution < 1.29 is 42.7 Å². The van der Waals surface area contributed by atoms with Crippen LogP contribution in [0.2, 0.25) is 0 Å². The first kappa shape index (κ1) is 46.3. The predicted molar refractivity (Wildman–Crippen MR) is 240 cm³/mol. The molecule has 1 heterocycles. The zero-order valence-electron chi connectivity index (χ0n) is 36.7. The van der Waals surface area contributed by atoms with Crippen molar-refractivity contribution in [3.63, 3.8) is 0 Å². The van der Waals surface area contributed by atoms with Crippen LogP contribution in [0.3, 0.4) is 0 Å². The maximum atomic E-state index is 13.7. The monoisotopic (exact) mass is 836 g/mol. The van der Waals surface area contributed by atoms with E-state index in [2.05, 4.69) is 36.4 Å². The molecule has 0 atom stereocenters. The largest absolute Gasteiger partial charge is 0.497 e. The summed E-state index contributed by atoms with van der Waals surface area (Å²) in [7, 11) is 8.73. The Kier molecular flexibility index (Phi) is 17.3. The number of amides is 2. The molecule has 5 rings (SSSR count). The molecular formula is C48H60N4O9. The van der Waals surface area contributed by atoms with E-state index in [1.165, 1.54) is 7.11 Å². The van der Waals surface area contributed by atoms with Crippen LogP contribution in [0.25, 0.3) is 10.8 Å². The van der Waals surface area contributed by atoms with Crippen molar-refractivity contribution in [1.82, 2.24) is 9.88 Å². The van der Waals surface area contributed by atoms with Gasteiger partial charge in [0.25, 0.3) is 0 Å². The number of fused-ring (bicyclic) bond motifs is 1. The van der Waals surface area contributed by atoms with Crippen molar-refractivity contribution in [1.29, 1.82) is 0 Å². The highest BCUT2D eigenvalue weighted by atomic mass is 16.6. The molecular weight excluding hydrogens is 777 g/mol. The molecule has 326 valence electrons. The van der Waals surface area contributed by atoms with Gasteiger partial charge in [0.2, 0.25) is 0 Å². The Bertz CT molecular complexity index is 2220. The number of hydrogen-bond donors (Lipinski definition) is 2. The van der Waals surface area contributed by atoms with E-state index in [0.717, 1.165) is 34.1 Å². The second-order valence-corrected chi connectivity index (χ2v) is 15.8. The van der Waals surface area contributed by atoms with Crippen LogP contribution < -0.4 is 29.6 Å². The van der Waals surface area contributed by atoms with E-state index in [0.29, 0.717) is 105 Å². The molecule has 0 aliphatic rings. The van der Waals surface area contributed by atoms with Crippen LogP contribution in [0.1, 0.15) is 60.8 Å². The van der Waals surface area contributed by atoms with Gasteiger partial charge in [-0.15, -0.1) is 0 Å². The Morgan fingerprint density at radius 3 is 2.13 bits per heavy atom. The van der Waals surface area contributed by atoms with Gasteiger partial charge in [0.15, 0.2) is 11.5 Å². The fourth-order valence-electron chi connectivity index (χ4n) is 6.59. The summed E-state index contributed by atoms with van der Waals surface area (Å²) in [5.41, 5.74) is 3.81. The van der Waals surface area contributed by atoms with E-state index in [1.54, 1.807) is 26.5 Å². The number of urea groups is 1. The lowest BCUT2D eigenvalue weighted by Gasteiger charge is -2.23. The van der Waals surface area contributed by atoms with Crippen molar-refractivity contribution >= 4 is 34.0 Å². The average molecular weight is 837 g/mol. The number of benzene rings is 4. The van der Waals surface area contributed by atoms with Crippen LogP contribution in [0, 0.1) is 0 Å². The molecule has 0 bridgehead atoms. The van der Waals surface area contributed by atoms with Crippen LogP contribution in [0.4, 0.5) is 16.2 Å². The number of nitrogens with zero attached hydrogens (tertiary/aromatic N) is 2. The topological polar surface area (TPSA) is 139 Å². The third-order valence-corrected chi connectivity index (χ3v) is 9.73. The molecule has 0 aliphatic heterocycles. The smallest absolute Gasteiger partial charge is 0.323 e. The number of carbonyl (C=O) groups is 2. The Labute approximate surface area is 359 Å². The van der Waals surface area contributed by atoms with Gasteiger partial charge in [0, 0.05) is 54.7 Å². The number of hydrogen-bond acceptors (Lipinski definition) is 11. The number of Topliss-reactive ketones (excluding diaryl/α,β-unsaturated/α-hetero) is 1. The van der Waals surface area contributed by atoms with Crippen molar-refractivity contribution in [2.75, 3.05) is 92.2 Å². The second kappa shape index (κ2) is 22.8. The normalized spacial score (nSPS) is 11.4. The second-order valence-electron chi connectivity index (χ2n) is 15.8. The lowest BCUT2D eigenvalue weighted by atomic mass is 9.84. The van der Waals surface area contributed by atoms with Crippen LogP contribution >= 0.6 is 0 Å². The van der Waals surface area contributed by atoms with Crippen LogP contribution in [0.5, 0.6) is 28.7 Å². The minimum Gasteiger partial charge on any atom is -0.497 e. The highest BCUT2D eigenvalue weighted by molar-refractivity contribution is 6.09. The van der Waals surface area contributed by atoms with Gasteiger partial charge in [0.05, 0.1) is 64.2 Å². The van der Waals surface area contributed by atoms with Crippen LogP contribution in [-0.2, 0) is 26.0 Å². The van der Waals surface area contributed by atoms with Crippen molar-refractivity contribution in [3.8, 4) is 28.7 Å². The Morgan fingerprint density at radius 1 is 0.721 bits per heavy atom. The highest BCUT2D eigenvalue weighted by Crippen LogP contribution is 2.38. The summed E-state index contributed by atoms with van der Waals surface area (Å²) < 4.78 is 39.8. The van der Waals surface area contributed by atoms with E-state index in [9.17, 15) is 9.59 Å². The first-order chi connectivity index (χ1) is 29.4. The molecule has 13 nitrogen and oxygen atoms in total. The Morgan fingerprint density at radius 2 is 1.43 bits per heavy atom. The van der Waals surface area contributed by atoms with Crippen molar-refractivity contribution in [2.24, 2.45) is 0 Å². The quantitative estimate of drug-likeness (QED) is 0.0481. The minimum absolute atomic E-state index is 0.0371. The van der Waals surface area contributed by atoms with E-state index in [1.807, 2.05) is 91.8 Å². The molecule has 1 aromatic heterocycles. The number of rotatable bonds is 23. The average Bonchev–Trinajstić information content (AvgIpc) is 3.23. The molecule has 0 unspecified atom stereocenters. The number of carbonyl (C=O) groups excluding carboxylic acids is 2. The fourth-order valence-corrected chi connectivity index (χ4v) is 6.59. The predicted octanol–water partition coefficient (Wildman–Crippen LogP) is 9.16. The molecule has 0 aliphatic carbocycles. The van der Waals surface area contributed by atoms with Gasteiger partial charge in [-0.05, 0) is 86.1 Å². The van der Waals surface area contributed by atoms with E-state index < -0.39 is 6.03 Å². The minimum atomic E-state index is -0.480. The SMILES string of the molecule is COCCOCCOCCOc1cc(Cc2cc(Oc3ccc(NC(=O)Nc4cc(C(C)(C)C)cc(C(=O)CCCN(C)C)c4OC)c4ccccc34)ccn2)cc(OC)c1.